The number of hydrogen-bond donors (Lipinski definition) is 1. The van der Waals surface area contributed by atoms with Crippen LogP contribution in [0.1, 0.15) is 65.5 Å². The zero-order valence-corrected chi connectivity index (χ0v) is 19.5. The van der Waals surface area contributed by atoms with E-state index in [-0.39, 0.29) is 11.7 Å². The van der Waals surface area contributed by atoms with Gasteiger partial charge in [0.1, 0.15) is 23.0 Å². The van der Waals surface area contributed by atoms with Gasteiger partial charge < -0.3 is 19.2 Å². The molecule has 0 saturated heterocycles. The van der Waals surface area contributed by atoms with Crippen molar-refractivity contribution < 1.29 is 23.5 Å². The molecule has 1 aromatic carbocycles. The summed E-state index contributed by atoms with van der Waals surface area (Å²) >= 11 is 0. The van der Waals surface area contributed by atoms with Gasteiger partial charge in [-0.1, -0.05) is 27.2 Å². The van der Waals surface area contributed by atoms with E-state index in [4.69, 9.17) is 13.9 Å². The van der Waals surface area contributed by atoms with E-state index in [9.17, 15) is 14.4 Å². The molecule has 7 heteroatoms. The van der Waals surface area contributed by atoms with Crippen LogP contribution in [0.5, 0.6) is 5.75 Å². The number of carbonyl (C=O) groups is 2. The summed E-state index contributed by atoms with van der Waals surface area (Å²) in [6.45, 7) is 12.7. The number of alkyl carbamates (subject to hydrolysis) is 1. The standard InChI is InChI=1S/C24H33NO6/c1-8-9-10-16-13-19(26)30-21-15(4)18(12-11-17(16)21)29-22(27)20(14(2)3)25-23(28)31-24(5,6)7/h11-14,20H,8-10H2,1-7H3,(H,25,28). The van der Waals surface area contributed by atoms with Gasteiger partial charge in [-0.05, 0) is 64.2 Å². The molecule has 0 saturated carbocycles. The van der Waals surface area contributed by atoms with Crippen LogP contribution in [0.25, 0.3) is 11.0 Å². The lowest BCUT2D eigenvalue weighted by Crippen LogP contribution is -2.48. The summed E-state index contributed by atoms with van der Waals surface area (Å²) in [4.78, 5) is 37.0. The van der Waals surface area contributed by atoms with E-state index in [2.05, 4.69) is 12.2 Å². The normalized spacial score (nSPS) is 12.6. The molecule has 31 heavy (non-hydrogen) atoms. The fourth-order valence-corrected chi connectivity index (χ4v) is 3.20. The first-order valence-electron chi connectivity index (χ1n) is 10.7. The molecule has 1 N–H and O–H groups in total. The maximum atomic E-state index is 12.8. The van der Waals surface area contributed by atoms with Crippen molar-refractivity contribution >= 4 is 23.0 Å². The highest BCUT2D eigenvalue weighted by atomic mass is 16.6. The molecule has 0 fully saturated rings. The smallest absolute Gasteiger partial charge is 0.408 e. The Hall–Kier alpha value is -2.83. The van der Waals surface area contributed by atoms with Crippen molar-refractivity contribution in [2.45, 2.75) is 79.4 Å². The first-order valence-corrected chi connectivity index (χ1v) is 10.7. The lowest BCUT2D eigenvalue weighted by molar-refractivity contribution is -0.138. The molecular formula is C24H33NO6. The minimum atomic E-state index is -0.896. The third-order valence-corrected chi connectivity index (χ3v) is 4.80. The molecule has 0 radical (unpaired) electrons. The molecule has 7 nitrogen and oxygen atoms in total. The number of aryl methyl sites for hydroxylation is 2. The van der Waals surface area contributed by atoms with Crippen LogP contribution in [0.3, 0.4) is 0 Å². The van der Waals surface area contributed by atoms with Crippen molar-refractivity contribution in [3.63, 3.8) is 0 Å². The van der Waals surface area contributed by atoms with Crippen molar-refractivity contribution in [2.24, 2.45) is 5.92 Å². The van der Waals surface area contributed by atoms with Crippen molar-refractivity contribution in [1.29, 1.82) is 0 Å². The van der Waals surface area contributed by atoms with Gasteiger partial charge in [0.15, 0.2) is 0 Å². The molecule has 170 valence electrons. The predicted octanol–water partition coefficient (Wildman–Crippen LogP) is 4.90. The molecule has 0 spiro atoms. The number of carbonyl (C=O) groups excluding carboxylic acids is 2. The van der Waals surface area contributed by atoms with Crippen LogP contribution in [0.2, 0.25) is 0 Å². The van der Waals surface area contributed by atoms with E-state index in [1.165, 1.54) is 6.07 Å². The van der Waals surface area contributed by atoms with E-state index in [0.29, 0.717) is 11.1 Å². The highest BCUT2D eigenvalue weighted by Crippen LogP contribution is 2.29. The quantitative estimate of drug-likeness (QED) is 0.381. The Bertz CT molecular complexity index is 1000. The highest BCUT2D eigenvalue weighted by molar-refractivity contribution is 5.88. The van der Waals surface area contributed by atoms with Gasteiger partial charge in [0.25, 0.3) is 0 Å². The third-order valence-electron chi connectivity index (χ3n) is 4.80. The lowest BCUT2D eigenvalue weighted by Gasteiger charge is -2.24. The molecule has 0 aliphatic rings. The van der Waals surface area contributed by atoms with Gasteiger partial charge in [0.2, 0.25) is 0 Å². The Balaban J connectivity index is 2.30. The molecule has 1 atom stereocenters. The number of benzene rings is 1. The van der Waals surface area contributed by atoms with Crippen molar-refractivity contribution in [3.8, 4) is 5.75 Å². The zero-order chi connectivity index (χ0) is 23.3. The molecule has 0 aliphatic heterocycles. The average molecular weight is 432 g/mol. The maximum Gasteiger partial charge on any atom is 0.408 e. The molecule has 1 heterocycles. The van der Waals surface area contributed by atoms with Gasteiger partial charge in [0, 0.05) is 17.0 Å². The van der Waals surface area contributed by atoms with E-state index >= 15 is 0 Å². The summed E-state index contributed by atoms with van der Waals surface area (Å²) < 4.78 is 16.3. The second-order valence-electron chi connectivity index (χ2n) is 9.05. The summed E-state index contributed by atoms with van der Waals surface area (Å²) in [5.74, 6) is -0.558. The van der Waals surface area contributed by atoms with Crippen molar-refractivity contribution in [2.75, 3.05) is 0 Å². The molecular weight excluding hydrogens is 398 g/mol. The van der Waals surface area contributed by atoms with Crippen LogP contribution < -0.4 is 15.7 Å². The number of ether oxygens (including phenoxy) is 2. The molecule has 0 bridgehead atoms. The average Bonchev–Trinajstić information content (AvgIpc) is 2.65. The Morgan fingerprint density at radius 3 is 2.45 bits per heavy atom. The predicted molar refractivity (Wildman–Crippen MR) is 119 cm³/mol. The summed E-state index contributed by atoms with van der Waals surface area (Å²) in [5, 5.41) is 3.41. The van der Waals surface area contributed by atoms with Crippen LogP contribution >= 0.6 is 0 Å². The van der Waals surface area contributed by atoms with E-state index in [0.717, 1.165) is 30.2 Å². The summed E-state index contributed by atoms with van der Waals surface area (Å²) in [6, 6.07) is 4.11. The van der Waals surface area contributed by atoms with E-state index < -0.39 is 29.3 Å². The lowest BCUT2D eigenvalue weighted by atomic mass is 10.0. The SMILES string of the molecule is CCCCc1cc(=O)oc2c(C)c(OC(=O)C(NC(=O)OC(C)(C)C)C(C)C)ccc12. The number of fused-ring (bicyclic) bond motifs is 1. The molecule has 2 rings (SSSR count). The molecule has 2 aromatic rings. The first-order chi connectivity index (χ1) is 14.4. The molecule has 1 amide bonds. The number of nitrogens with one attached hydrogen (secondary N) is 1. The van der Waals surface area contributed by atoms with Gasteiger partial charge in [-0.3, -0.25) is 0 Å². The second kappa shape index (κ2) is 9.98. The number of rotatable bonds is 7. The Labute approximate surface area is 183 Å². The van der Waals surface area contributed by atoms with Crippen LogP contribution in [-0.4, -0.2) is 23.7 Å². The van der Waals surface area contributed by atoms with Gasteiger partial charge in [0.05, 0.1) is 0 Å². The number of unbranched alkanes of at least 4 members (excludes halogenated alkanes) is 1. The minimum absolute atomic E-state index is 0.223. The number of amides is 1. The van der Waals surface area contributed by atoms with Crippen LogP contribution in [0, 0.1) is 12.8 Å². The van der Waals surface area contributed by atoms with E-state index in [1.54, 1.807) is 53.7 Å². The van der Waals surface area contributed by atoms with Crippen molar-refractivity contribution in [3.05, 3.63) is 39.7 Å². The van der Waals surface area contributed by atoms with Crippen molar-refractivity contribution in [1.82, 2.24) is 5.32 Å². The third kappa shape index (κ3) is 6.57. The fraction of sp³-hybridized carbons (Fsp3) is 0.542. The summed E-state index contributed by atoms with van der Waals surface area (Å²) in [7, 11) is 0. The van der Waals surface area contributed by atoms with Gasteiger partial charge in [-0.25, -0.2) is 14.4 Å². The largest absolute Gasteiger partial charge is 0.444 e. The first kappa shape index (κ1) is 24.4. The monoisotopic (exact) mass is 431 g/mol. The topological polar surface area (TPSA) is 94.8 Å². The van der Waals surface area contributed by atoms with E-state index in [1.807, 2.05) is 0 Å². The van der Waals surface area contributed by atoms with Gasteiger partial charge in [-0.2, -0.15) is 0 Å². The maximum absolute atomic E-state index is 12.8. The Morgan fingerprint density at radius 1 is 1.19 bits per heavy atom. The zero-order valence-electron chi connectivity index (χ0n) is 19.5. The molecule has 1 aromatic heterocycles. The number of esters is 1. The number of hydrogen-bond acceptors (Lipinski definition) is 6. The van der Waals surface area contributed by atoms with Crippen LogP contribution in [0.15, 0.2) is 27.4 Å². The second-order valence-corrected chi connectivity index (χ2v) is 9.05. The molecule has 1 unspecified atom stereocenters. The fourth-order valence-electron chi connectivity index (χ4n) is 3.20. The summed E-state index contributed by atoms with van der Waals surface area (Å²) in [6.07, 6.45) is 2.05. The Morgan fingerprint density at radius 2 is 1.87 bits per heavy atom. The highest BCUT2D eigenvalue weighted by Gasteiger charge is 2.29. The molecule has 0 aliphatic carbocycles. The Kier molecular flexibility index (Phi) is 7.87. The van der Waals surface area contributed by atoms with Crippen LogP contribution in [0.4, 0.5) is 4.79 Å². The van der Waals surface area contributed by atoms with Crippen LogP contribution in [-0.2, 0) is 16.0 Å². The van der Waals surface area contributed by atoms with Gasteiger partial charge >= 0.3 is 17.7 Å². The minimum Gasteiger partial charge on any atom is -0.444 e. The van der Waals surface area contributed by atoms with Gasteiger partial charge in [-0.15, -0.1) is 0 Å². The summed E-state index contributed by atoms with van der Waals surface area (Å²) in [5.41, 5.74) is 0.765.